The van der Waals surface area contributed by atoms with E-state index in [4.69, 9.17) is 5.26 Å². The lowest BCUT2D eigenvalue weighted by Crippen LogP contribution is -2.19. The summed E-state index contributed by atoms with van der Waals surface area (Å²) in [4.78, 5) is 0. The molecule has 17 heavy (non-hydrogen) atoms. The van der Waals surface area contributed by atoms with E-state index in [2.05, 4.69) is 17.5 Å². The Morgan fingerprint density at radius 2 is 2.18 bits per heavy atom. The zero-order valence-corrected chi connectivity index (χ0v) is 11.0. The molecule has 0 amide bonds. The summed E-state index contributed by atoms with van der Waals surface area (Å²) < 4.78 is 0. The van der Waals surface area contributed by atoms with E-state index in [0.717, 1.165) is 29.3 Å². The summed E-state index contributed by atoms with van der Waals surface area (Å²) in [6, 6.07) is 8.28. The van der Waals surface area contributed by atoms with Crippen LogP contribution in [0.25, 0.3) is 0 Å². The molecule has 1 aromatic carbocycles. The third kappa shape index (κ3) is 3.41. The van der Waals surface area contributed by atoms with Gasteiger partial charge in [0.05, 0.1) is 11.3 Å². The predicted octanol–water partition coefficient (Wildman–Crippen LogP) is 3.42. The van der Waals surface area contributed by atoms with Crippen LogP contribution in [0.4, 0.5) is 5.69 Å². The number of nitrogens with zero attached hydrogens (tertiary/aromatic N) is 1. The van der Waals surface area contributed by atoms with Crippen LogP contribution in [-0.2, 0) is 0 Å². The van der Waals surface area contributed by atoms with Gasteiger partial charge in [-0.25, -0.2) is 0 Å². The smallest absolute Gasteiger partial charge is 0.101 e. The molecule has 1 saturated heterocycles. The maximum Gasteiger partial charge on any atom is 0.101 e. The van der Waals surface area contributed by atoms with Gasteiger partial charge in [0.1, 0.15) is 6.07 Å². The van der Waals surface area contributed by atoms with Crippen LogP contribution in [0, 0.1) is 24.2 Å². The van der Waals surface area contributed by atoms with Crippen LogP contribution in [0.3, 0.4) is 0 Å². The molecule has 1 aliphatic rings. The summed E-state index contributed by atoms with van der Waals surface area (Å²) in [5, 5.41) is 12.5. The number of aryl methyl sites for hydroxylation is 1. The van der Waals surface area contributed by atoms with Gasteiger partial charge >= 0.3 is 0 Å². The summed E-state index contributed by atoms with van der Waals surface area (Å²) in [5.41, 5.74) is 2.88. The standard InChI is InChI=1S/C14H18N2S/c1-11-2-3-14(13(8-11)9-15)16-10-12-4-6-17-7-5-12/h2-3,8,12,16H,4-7,10H2,1H3. The fourth-order valence-corrected chi connectivity index (χ4v) is 3.31. The fourth-order valence-electron chi connectivity index (χ4n) is 2.11. The summed E-state index contributed by atoms with van der Waals surface area (Å²) in [6.45, 7) is 3.02. The van der Waals surface area contributed by atoms with Crippen LogP contribution in [0.15, 0.2) is 18.2 Å². The molecular formula is C14H18N2S. The molecule has 2 rings (SSSR count). The quantitative estimate of drug-likeness (QED) is 0.887. The Labute approximate surface area is 107 Å². The Morgan fingerprint density at radius 1 is 1.41 bits per heavy atom. The Balaban J connectivity index is 1.96. The highest BCUT2D eigenvalue weighted by Crippen LogP contribution is 2.24. The fraction of sp³-hybridized carbons (Fsp3) is 0.500. The number of hydrogen-bond donors (Lipinski definition) is 1. The van der Waals surface area contributed by atoms with Crippen molar-refractivity contribution in [3.63, 3.8) is 0 Å². The normalized spacial score (nSPS) is 16.5. The van der Waals surface area contributed by atoms with Gasteiger partial charge in [-0.1, -0.05) is 6.07 Å². The van der Waals surface area contributed by atoms with Gasteiger partial charge in [0.2, 0.25) is 0 Å². The third-order valence-corrected chi connectivity index (χ3v) is 4.27. The zero-order valence-electron chi connectivity index (χ0n) is 10.2. The molecule has 0 unspecified atom stereocenters. The van der Waals surface area contributed by atoms with Gasteiger partial charge in [-0.05, 0) is 54.9 Å². The van der Waals surface area contributed by atoms with Crippen LogP contribution in [0.5, 0.6) is 0 Å². The maximum absolute atomic E-state index is 9.09. The molecule has 0 bridgehead atoms. The first-order valence-electron chi connectivity index (χ1n) is 6.12. The SMILES string of the molecule is Cc1ccc(NCC2CCSCC2)c(C#N)c1. The third-order valence-electron chi connectivity index (χ3n) is 3.22. The molecule has 0 atom stereocenters. The Kier molecular flexibility index (Phi) is 4.33. The highest BCUT2D eigenvalue weighted by atomic mass is 32.2. The van der Waals surface area contributed by atoms with Crippen LogP contribution in [0.2, 0.25) is 0 Å². The number of nitriles is 1. The largest absolute Gasteiger partial charge is 0.384 e. The van der Waals surface area contributed by atoms with E-state index in [1.807, 2.05) is 30.8 Å². The molecule has 0 saturated carbocycles. The van der Waals surface area contributed by atoms with Crippen LogP contribution < -0.4 is 5.32 Å². The van der Waals surface area contributed by atoms with Gasteiger partial charge in [0.15, 0.2) is 0 Å². The minimum Gasteiger partial charge on any atom is -0.384 e. The first-order chi connectivity index (χ1) is 8.29. The summed E-state index contributed by atoms with van der Waals surface area (Å²) in [5.74, 6) is 3.33. The Morgan fingerprint density at radius 3 is 2.88 bits per heavy atom. The second-order valence-corrected chi connectivity index (χ2v) is 5.82. The van der Waals surface area contributed by atoms with Crippen LogP contribution >= 0.6 is 11.8 Å². The molecule has 0 radical (unpaired) electrons. The van der Waals surface area contributed by atoms with Crippen LogP contribution in [-0.4, -0.2) is 18.1 Å². The van der Waals surface area contributed by atoms with Crippen LogP contribution in [0.1, 0.15) is 24.0 Å². The van der Waals surface area contributed by atoms with Gasteiger partial charge in [-0.3, -0.25) is 0 Å². The van der Waals surface area contributed by atoms with E-state index in [0.29, 0.717) is 0 Å². The second kappa shape index (κ2) is 5.97. The molecule has 1 aliphatic heterocycles. The van der Waals surface area contributed by atoms with Gasteiger partial charge in [-0.2, -0.15) is 17.0 Å². The summed E-state index contributed by atoms with van der Waals surface area (Å²) >= 11 is 2.05. The lowest BCUT2D eigenvalue weighted by molar-refractivity contribution is 0.516. The molecule has 0 aliphatic carbocycles. The Hall–Kier alpha value is -1.14. The number of rotatable bonds is 3. The van der Waals surface area contributed by atoms with Crippen molar-refractivity contribution in [2.24, 2.45) is 5.92 Å². The lowest BCUT2D eigenvalue weighted by Gasteiger charge is -2.22. The summed E-state index contributed by atoms with van der Waals surface area (Å²) in [7, 11) is 0. The van der Waals surface area contributed by atoms with Crippen molar-refractivity contribution in [1.82, 2.24) is 0 Å². The molecule has 3 heteroatoms. The molecule has 1 aromatic rings. The average molecular weight is 246 g/mol. The topological polar surface area (TPSA) is 35.8 Å². The first-order valence-corrected chi connectivity index (χ1v) is 7.27. The summed E-state index contributed by atoms with van der Waals surface area (Å²) in [6.07, 6.45) is 2.59. The molecule has 0 aromatic heterocycles. The first kappa shape index (κ1) is 12.3. The van der Waals surface area contributed by atoms with Gasteiger partial charge in [0.25, 0.3) is 0 Å². The number of hydrogen-bond acceptors (Lipinski definition) is 3. The lowest BCUT2D eigenvalue weighted by atomic mass is 10.0. The average Bonchev–Trinajstić information content (AvgIpc) is 2.38. The number of thioether (sulfide) groups is 1. The van der Waals surface area contributed by atoms with Crippen molar-refractivity contribution in [1.29, 1.82) is 5.26 Å². The van der Waals surface area contributed by atoms with E-state index in [-0.39, 0.29) is 0 Å². The molecular weight excluding hydrogens is 228 g/mol. The molecule has 1 fully saturated rings. The highest BCUT2D eigenvalue weighted by Gasteiger charge is 2.13. The molecule has 0 spiro atoms. The number of anilines is 1. The van der Waals surface area contributed by atoms with Gasteiger partial charge in [-0.15, -0.1) is 0 Å². The minimum absolute atomic E-state index is 0.759. The zero-order chi connectivity index (χ0) is 12.1. The number of benzene rings is 1. The molecule has 90 valence electrons. The predicted molar refractivity (Wildman–Crippen MR) is 74.4 cm³/mol. The second-order valence-electron chi connectivity index (χ2n) is 4.60. The van der Waals surface area contributed by atoms with E-state index >= 15 is 0 Å². The maximum atomic E-state index is 9.09. The van der Waals surface area contributed by atoms with Crippen molar-refractivity contribution < 1.29 is 0 Å². The van der Waals surface area contributed by atoms with E-state index in [1.165, 1.54) is 24.3 Å². The van der Waals surface area contributed by atoms with Crippen molar-refractivity contribution in [2.75, 3.05) is 23.4 Å². The number of nitrogens with one attached hydrogen (secondary N) is 1. The van der Waals surface area contributed by atoms with Crippen molar-refractivity contribution in [3.05, 3.63) is 29.3 Å². The monoisotopic (exact) mass is 246 g/mol. The van der Waals surface area contributed by atoms with Crippen molar-refractivity contribution >= 4 is 17.4 Å². The Bertz CT molecular complexity index is 417. The van der Waals surface area contributed by atoms with E-state index in [9.17, 15) is 0 Å². The molecule has 1 heterocycles. The van der Waals surface area contributed by atoms with E-state index < -0.39 is 0 Å². The minimum atomic E-state index is 0.759. The van der Waals surface area contributed by atoms with E-state index in [1.54, 1.807) is 0 Å². The molecule has 1 N–H and O–H groups in total. The van der Waals surface area contributed by atoms with Crippen molar-refractivity contribution in [2.45, 2.75) is 19.8 Å². The highest BCUT2D eigenvalue weighted by molar-refractivity contribution is 7.99. The molecule has 2 nitrogen and oxygen atoms in total. The van der Waals surface area contributed by atoms with Crippen molar-refractivity contribution in [3.8, 4) is 6.07 Å². The van der Waals surface area contributed by atoms with Gasteiger partial charge in [0, 0.05) is 6.54 Å². The van der Waals surface area contributed by atoms with Gasteiger partial charge < -0.3 is 5.32 Å².